The van der Waals surface area contributed by atoms with Crippen LogP contribution in [0.3, 0.4) is 0 Å². The molecule has 1 heterocycles. The number of nitrogens with zero attached hydrogens (tertiary/aromatic N) is 1. The number of nitrogens with one attached hydrogen (secondary N) is 1. The van der Waals surface area contributed by atoms with Gasteiger partial charge in [-0.05, 0) is 62.9 Å². The summed E-state index contributed by atoms with van der Waals surface area (Å²) in [6.07, 6.45) is 3.72. The molecule has 1 N–H and O–H groups in total. The Labute approximate surface area is 178 Å². The first kappa shape index (κ1) is 21.8. The summed E-state index contributed by atoms with van der Waals surface area (Å²) in [5.41, 5.74) is 4.05. The number of benzene rings is 2. The van der Waals surface area contributed by atoms with Crippen LogP contribution >= 0.6 is 11.6 Å². The fourth-order valence-corrected chi connectivity index (χ4v) is 5.84. The van der Waals surface area contributed by atoms with Crippen LogP contribution in [0.1, 0.15) is 52.7 Å². The van der Waals surface area contributed by atoms with Crippen molar-refractivity contribution in [2.75, 3.05) is 18.4 Å². The van der Waals surface area contributed by atoms with Crippen LogP contribution in [0.25, 0.3) is 0 Å². The zero-order chi connectivity index (χ0) is 21.2. The molecule has 0 atom stereocenters. The molecule has 0 bridgehead atoms. The first-order chi connectivity index (χ1) is 13.7. The van der Waals surface area contributed by atoms with E-state index in [-0.39, 0.29) is 21.4 Å². The molecule has 0 aliphatic carbocycles. The van der Waals surface area contributed by atoms with Crippen LogP contribution in [-0.4, -0.2) is 31.7 Å². The fourth-order valence-electron chi connectivity index (χ4n) is 3.83. The highest BCUT2D eigenvalue weighted by Gasteiger charge is 2.28. The average Bonchev–Trinajstić information content (AvgIpc) is 2.94. The van der Waals surface area contributed by atoms with Crippen molar-refractivity contribution >= 4 is 33.2 Å². The molecular formula is C22H27ClN2O3S. The summed E-state index contributed by atoms with van der Waals surface area (Å²) in [4.78, 5) is 12.9. The van der Waals surface area contributed by atoms with E-state index in [1.807, 2.05) is 32.9 Å². The molecule has 29 heavy (non-hydrogen) atoms. The molecule has 1 fully saturated rings. The smallest absolute Gasteiger partial charge is 0.255 e. The van der Waals surface area contributed by atoms with Gasteiger partial charge in [0.15, 0.2) is 0 Å². The van der Waals surface area contributed by atoms with Crippen LogP contribution in [0.2, 0.25) is 5.02 Å². The Balaban J connectivity index is 1.91. The summed E-state index contributed by atoms with van der Waals surface area (Å²) in [7, 11) is -3.75. The van der Waals surface area contributed by atoms with Gasteiger partial charge in [-0.25, -0.2) is 8.42 Å². The quantitative estimate of drug-likeness (QED) is 0.729. The second-order valence-electron chi connectivity index (χ2n) is 7.69. The minimum absolute atomic E-state index is 0.00827. The van der Waals surface area contributed by atoms with Crippen molar-refractivity contribution in [3.8, 4) is 0 Å². The minimum Gasteiger partial charge on any atom is -0.322 e. The first-order valence-electron chi connectivity index (χ1n) is 9.89. The van der Waals surface area contributed by atoms with Crippen LogP contribution < -0.4 is 5.32 Å². The number of hydrogen-bond acceptors (Lipinski definition) is 3. The van der Waals surface area contributed by atoms with Crippen molar-refractivity contribution in [2.45, 2.75) is 51.3 Å². The maximum Gasteiger partial charge on any atom is 0.255 e. The molecule has 0 unspecified atom stereocenters. The third-order valence-electron chi connectivity index (χ3n) is 5.29. The number of anilines is 1. The Morgan fingerprint density at radius 2 is 1.55 bits per heavy atom. The van der Waals surface area contributed by atoms with Crippen LogP contribution in [0.4, 0.5) is 5.69 Å². The molecule has 2 aromatic carbocycles. The molecule has 0 radical (unpaired) electrons. The molecular weight excluding hydrogens is 408 g/mol. The normalized spacial score (nSPS) is 15.7. The van der Waals surface area contributed by atoms with Crippen molar-refractivity contribution < 1.29 is 13.2 Å². The summed E-state index contributed by atoms with van der Waals surface area (Å²) in [6.45, 7) is 6.85. The topological polar surface area (TPSA) is 66.5 Å². The molecule has 0 saturated carbocycles. The Morgan fingerprint density at radius 3 is 2.14 bits per heavy atom. The lowest BCUT2D eigenvalue weighted by Gasteiger charge is -2.21. The Hall–Kier alpha value is -1.89. The van der Waals surface area contributed by atoms with E-state index in [1.165, 1.54) is 16.4 Å². The number of aryl methyl sites for hydroxylation is 3. The van der Waals surface area contributed by atoms with Gasteiger partial charge in [0, 0.05) is 24.3 Å². The molecule has 7 heteroatoms. The molecule has 156 valence electrons. The monoisotopic (exact) mass is 434 g/mol. The largest absolute Gasteiger partial charge is 0.322 e. The summed E-state index contributed by atoms with van der Waals surface area (Å²) < 4.78 is 27.8. The van der Waals surface area contributed by atoms with Crippen LogP contribution in [0.15, 0.2) is 35.2 Å². The third-order valence-corrected chi connectivity index (χ3v) is 7.67. The van der Waals surface area contributed by atoms with Crippen molar-refractivity contribution in [3.05, 3.63) is 57.6 Å². The molecule has 1 aliphatic heterocycles. The summed E-state index contributed by atoms with van der Waals surface area (Å²) in [6, 6.07) is 8.42. The Bertz CT molecular complexity index is 1000. The number of hydrogen-bond donors (Lipinski definition) is 1. The van der Waals surface area contributed by atoms with Crippen molar-refractivity contribution in [2.24, 2.45) is 0 Å². The minimum atomic E-state index is -3.75. The summed E-state index contributed by atoms with van der Waals surface area (Å²) >= 11 is 6.24. The number of amides is 1. The van der Waals surface area contributed by atoms with E-state index in [0.717, 1.165) is 48.1 Å². The number of sulfonamides is 1. The van der Waals surface area contributed by atoms with Gasteiger partial charge >= 0.3 is 0 Å². The highest BCUT2D eigenvalue weighted by atomic mass is 35.5. The number of carbonyl (C=O) groups excluding carboxylic acids is 1. The van der Waals surface area contributed by atoms with E-state index in [1.54, 1.807) is 6.07 Å². The van der Waals surface area contributed by atoms with Gasteiger partial charge in [0.25, 0.3) is 5.91 Å². The molecule has 1 amide bonds. The predicted octanol–water partition coefficient (Wildman–Crippen LogP) is 5.08. The predicted molar refractivity (Wildman–Crippen MR) is 117 cm³/mol. The first-order valence-corrected chi connectivity index (χ1v) is 11.7. The van der Waals surface area contributed by atoms with E-state index >= 15 is 0 Å². The van der Waals surface area contributed by atoms with Gasteiger partial charge < -0.3 is 5.32 Å². The van der Waals surface area contributed by atoms with Gasteiger partial charge in [-0.2, -0.15) is 4.31 Å². The number of rotatable bonds is 4. The van der Waals surface area contributed by atoms with E-state index in [0.29, 0.717) is 13.1 Å². The standard InChI is InChI=1S/C22H27ClN2O3S/c1-15-12-16(2)21(17(3)13-15)24-22(26)18-8-9-19(23)20(14-18)29(27,28)25-10-6-4-5-7-11-25/h8-9,12-14H,4-7,10-11H2,1-3H3,(H,24,26). The zero-order valence-corrected chi connectivity index (χ0v) is 18.7. The maximum atomic E-state index is 13.1. The van der Waals surface area contributed by atoms with Gasteiger partial charge in [-0.3, -0.25) is 4.79 Å². The van der Waals surface area contributed by atoms with E-state index in [4.69, 9.17) is 11.6 Å². The van der Waals surface area contributed by atoms with Crippen LogP contribution in [0.5, 0.6) is 0 Å². The molecule has 1 saturated heterocycles. The molecule has 0 spiro atoms. The Kier molecular flexibility index (Phi) is 6.66. The second-order valence-corrected chi connectivity index (χ2v) is 10.0. The van der Waals surface area contributed by atoms with Gasteiger partial charge in [0.1, 0.15) is 4.90 Å². The van der Waals surface area contributed by atoms with Gasteiger partial charge in [-0.1, -0.05) is 42.1 Å². The highest BCUT2D eigenvalue weighted by Crippen LogP contribution is 2.29. The van der Waals surface area contributed by atoms with E-state index in [2.05, 4.69) is 5.32 Å². The van der Waals surface area contributed by atoms with Crippen LogP contribution in [0, 0.1) is 20.8 Å². The second kappa shape index (κ2) is 8.86. The average molecular weight is 435 g/mol. The molecule has 3 rings (SSSR count). The lowest BCUT2D eigenvalue weighted by molar-refractivity contribution is 0.102. The zero-order valence-electron chi connectivity index (χ0n) is 17.1. The SMILES string of the molecule is Cc1cc(C)c(NC(=O)c2ccc(Cl)c(S(=O)(=O)N3CCCCCC3)c2)c(C)c1. The van der Waals surface area contributed by atoms with Gasteiger partial charge in [0.2, 0.25) is 10.0 Å². The van der Waals surface area contributed by atoms with Crippen LogP contribution in [-0.2, 0) is 10.0 Å². The highest BCUT2D eigenvalue weighted by molar-refractivity contribution is 7.89. The Morgan fingerprint density at radius 1 is 0.966 bits per heavy atom. The molecule has 2 aromatic rings. The lowest BCUT2D eigenvalue weighted by atomic mass is 10.0. The molecule has 0 aromatic heterocycles. The fraction of sp³-hybridized carbons (Fsp3) is 0.409. The van der Waals surface area contributed by atoms with Crippen molar-refractivity contribution in [1.29, 1.82) is 0 Å². The molecule has 5 nitrogen and oxygen atoms in total. The molecule has 1 aliphatic rings. The number of carbonyl (C=O) groups is 1. The summed E-state index contributed by atoms with van der Waals surface area (Å²) in [5.74, 6) is -0.357. The number of halogens is 1. The maximum absolute atomic E-state index is 13.1. The van der Waals surface area contributed by atoms with Gasteiger partial charge in [0.05, 0.1) is 5.02 Å². The lowest BCUT2D eigenvalue weighted by Crippen LogP contribution is -2.32. The van der Waals surface area contributed by atoms with E-state index in [9.17, 15) is 13.2 Å². The summed E-state index contributed by atoms with van der Waals surface area (Å²) in [5, 5.41) is 3.05. The third kappa shape index (κ3) is 4.82. The van der Waals surface area contributed by atoms with Crippen molar-refractivity contribution in [1.82, 2.24) is 4.31 Å². The van der Waals surface area contributed by atoms with Crippen molar-refractivity contribution in [3.63, 3.8) is 0 Å². The van der Waals surface area contributed by atoms with E-state index < -0.39 is 10.0 Å². The van der Waals surface area contributed by atoms with Gasteiger partial charge in [-0.15, -0.1) is 0 Å².